The van der Waals surface area contributed by atoms with Crippen LogP contribution in [0.25, 0.3) is 0 Å². The minimum absolute atomic E-state index is 0.113. The van der Waals surface area contributed by atoms with E-state index in [1.165, 1.54) is 5.56 Å². The van der Waals surface area contributed by atoms with Crippen molar-refractivity contribution in [3.63, 3.8) is 0 Å². The molecule has 0 saturated heterocycles. The third-order valence-electron chi connectivity index (χ3n) is 2.91. The average Bonchev–Trinajstić information content (AvgIpc) is 2.23. The summed E-state index contributed by atoms with van der Waals surface area (Å²) >= 11 is 0. The number of Topliss-reactive ketones (excluding diaryl/α,β-unsaturated/α-hetero) is 1. The zero-order valence-corrected chi connectivity index (χ0v) is 8.42. The Morgan fingerprint density at radius 1 is 1.50 bits per heavy atom. The van der Waals surface area contributed by atoms with Gasteiger partial charge in [0.15, 0.2) is 5.78 Å². The molecule has 2 rings (SSSR count). The molecule has 0 aromatic heterocycles. The molecule has 2 N–H and O–H groups in total. The van der Waals surface area contributed by atoms with E-state index in [1.54, 1.807) is 0 Å². The van der Waals surface area contributed by atoms with E-state index in [2.05, 4.69) is 19.1 Å². The van der Waals surface area contributed by atoms with Gasteiger partial charge < -0.3 is 5.73 Å². The van der Waals surface area contributed by atoms with Crippen molar-refractivity contribution in [3.8, 4) is 0 Å². The Balaban J connectivity index is 2.46. The van der Waals surface area contributed by atoms with Gasteiger partial charge in [0.25, 0.3) is 0 Å². The summed E-state index contributed by atoms with van der Waals surface area (Å²) in [5, 5.41) is 0. The minimum Gasteiger partial charge on any atom is -0.321 e. The molecule has 0 bridgehead atoms. The van der Waals surface area contributed by atoms with Gasteiger partial charge in [-0.25, -0.2) is 0 Å². The molecule has 0 heterocycles. The van der Waals surface area contributed by atoms with Crippen molar-refractivity contribution >= 4 is 5.78 Å². The molecule has 1 aromatic rings. The maximum absolute atomic E-state index is 11.8. The third-order valence-corrected chi connectivity index (χ3v) is 2.91. The molecule has 1 aromatic carbocycles. The molecule has 1 aliphatic rings. The van der Waals surface area contributed by atoms with Crippen LogP contribution in [0.15, 0.2) is 18.2 Å². The van der Waals surface area contributed by atoms with E-state index >= 15 is 0 Å². The topological polar surface area (TPSA) is 43.1 Å². The number of nitrogens with two attached hydrogens (primary N) is 1. The molecule has 74 valence electrons. The normalized spacial score (nSPS) is 20.7. The fraction of sp³-hybridized carbons (Fsp3) is 0.417. The van der Waals surface area contributed by atoms with E-state index in [4.69, 9.17) is 5.73 Å². The third kappa shape index (κ3) is 1.46. The number of hydrogen-bond donors (Lipinski definition) is 1. The van der Waals surface area contributed by atoms with Gasteiger partial charge in [-0.3, -0.25) is 4.79 Å². The van der Waals surface area contributed by atoms with Gasteiger partial charge >= 0.3 is 0 Å². The number of carbonyl (C=O) groups is 1. The number of aryl methyl sites for hydroxylation is 2. The van der Waals surface area contributed by atoms with E-state index in [0.29, 0.717) is 0 Å². The van der Waals surface area contributed by atoms with Crippen LogP contribution in [0.1, 0.15) is 34.8 Å². The quantitative estimate of drug-likeness (QED) is 0.730. The van der Waals surface area contributed by atoms with Gasteiger partial charge in [0, 0.05) is 5.56 Å². The van der Waals surface area contributed by atoms with E-state index in [9.17, 15) is 4.79 Å². The van der Waals surface area contributed by atoms with E-state index < -0.39 is 0 Å². The second-order valence-electron chi connectivity index (χ2n) is 3.85. The first-order chi connectivity index (χ1) is 6.72. The summed E-state index contributed by atoms with van der Waals surface area (Å²) < 4.78 is 0. The minimum atomic E-state index is -0.283. The SMILES string of the molecule is CCc1ccc2c(c1)C(=O)C(N)CC2. The van der Waals surface area contributed by atoms with Crippen molar-refractivity contribution in [1.29, 1.82) is 0 Å². The molecule has 1 atom stereocenters. The number of rotatable bonds is 1. The molecule has 1 aliphatic carbocycles. The summed E-state index contributed by atoms with van der Waals surface area (Å²) in [6.07, 6.45) is 2.69. The van der Waals surface area contributed by atoms with E-state index in [1.807, 2.05) is 6.07 Å². The first-order valence-corrected chi connectivity index (χ1v) is 5.14. The lowest BCUT2D eigenvalue weighted by atomic mass is 9.86. The smallest absolute Gasteiger partial charge is 0.179 e. The Kier molecular flexibility index (Phi) is 2.38. The summed E-state index contributed by atoms with van der Waals surface area (Å²) in [6.45, 7) is 2.09. The van der Waals surface area contributed by atoms with Crippen LogP contribution in [0.4, 0.5) is 0 Å². The van der Waals surface area contributed by atoms with Crippen molar-refractivity contribution in [2.24, 2.45) is 5.73 Å². The average molecular weight is 189 g/mol. The van der Waals surface area contributed by atoms with Crippen LogP contribution in [-0.2, 0) is 12.8 Å². The summed E-state index contributed by atoms with van der Waals surface area (Å²) in [7, 11) is 0. The second kappa shape index (κ2) is 3.54. The Labute approximate surface area is 84.1 Å². The first-order valence-electron chi connectivity index (χ1n) is 5.14. The van der Waals surface area contributed by atoms with Crippen LogP contribution >= 0.6 is 0 Å². The van der Waals surface area contributed by atoms with Gasteiger partial charge in [0.1, 0.15) is 0 Å². The molecule has 0 spiro atoms. The van der Waals surface area contributed by atoms with E-state index in [-0.39, 0.29) is 11.8 Å². The molecular formula is C12H15NO. The molecule has 2 heteroatoms. The Hall–Kier alpha value is -1.15. The number of ketones is 1. The molecule has 2 nitrogen and oxygen atoms in total. The predicted octanol–water partition coefficient (Wildman–Crippen LogP) is 1.71. The van der Waals surface area contributed by atoms with Gasteiger partial charge in [-0.2, -0.15) is 0 Å². The van der Waals surface area contributed by atoms with Crippen LogP contribution in [0.5, 0.6) is 0 Å². The van der Waals surface area contributed by atoms with Gasteiger partial charge in [-0.05, 0) is 36.5 Å². The Morgan fingerprint density at radius 2 is 2.29 bits per heavy atom. The monoisotopic (exact) mass is 189 g/mol. The lowest BCUT2D eigenvalue weighted by Crippen LogP contribution is -2.35. The molecule has 1 unspecified atom stereocenters. The number of benzene rings is 1. The van der Waals surface area contributed by atoms with Gasteiger partial charge in [0.2, 0.25) is 0 Å². The zero-order chi connectivity index (χ0) is 10.1. The molecule has 0 saturated carbocycles. The standard InChI is InChI=1S/C12H15NO/c1-2-8-3-4-9-5-6-11(13)12(14)10(9)7-8/h3-4,7,11H,2,5-6,13H2,1H3. The summed E-state index contributed by atoms with van der Waals surface area (Å²) in [5.74, 6) is 0.113. The fourth-order valence-electron chi connectivity index (χ4n) is 1.93. The molecule has 0 fully saturated rings. The van der Waals surface area contributed by atoms with Crippen molar-refractivity contribution in [2.75, 3.05) is 0 Å². The van der Waals surface area contributed by atoms with Crippen LogP contribution < -0.4 is 5.73 Å². The Morgan fingerprint density at radius 3 is 3.00 bits per heavy atom. The lowest BCUT2D eigenvalue weighted by molar-refractivity contribution is 0.0948. The predicted molar refractivity (Wildman–Crippen MR) is 56.4 cm³/mol. The van der Waals surface area contributed by atoms with Crippen LogP contribution in [0.3, 0.4) is 0 Å². The van der Waals surface area contributed by atoms with Crippen LogP contribution in [0.2, 0.25) is 0 Å². The number of carbonyl (C=O) groups excluding carboxylic acids is 1. The van der Waals surface area contributed by atoms with Crippen molar-refractivity contribution < 1.29 is 4.79 Å². The number of hydrogen-bond acceptors (Lipinski definition) is 2. The van der Waals surface area contributed by atoms with Gasteiger partial charge in [-0.15, -0.1) is 0 Å². The maximum atomic E-state index is 11.8. The number of fused-ring (bicyclic) bond motifs is 1. The van der Waals surface area contributed by atoms with E-state index in [0.717, 1.165) is 30.4 Å². The highest BCUT2D eigenvalue weighted by Crippen LogP contribution is 2.22. The largest absolute Gasteiger partial charge is 0.321 e. The van der Waals surface area contributed by atoms with Crippen LogP contribution in [-0.4, -0.2) is 11.8 Å². The fourth-order valence-corrected chi connectivity index (χ4v) is 1.93. The highest BCUT2D eigenvalue weighted by molar-refractivity contribution is 6.02. The van der Waals surface area contributed by atoms with Crippen LogP contribution in [0, 0.1) is 0 Å². The van der Waals surface area contributed by atoms with Crippen molar-refractivity contribution in [2.45, 2.75) is 32.2 Å². The van der Waals surface area contributed by atoms with Crippen molar-refractivity contribution in [3.05, 3.63) is 34.9 Å². The van der Waals surface area contributed by atoms with Gasteiger partial charge in [0.05, 0.1) is 6.04 Å². The molecule has 14 heavy (non-hydrogen) atoms. The highest BCUT2D eigenvalue weighted by Gasteiger charge is 2.23. The highest BCUT2D eigenvalue weighted by atomic mass is 16.1. The van der Waals surface area contributed by atoms with Crippen molar-refractivity contribution in [1.82, 2.24) is 0 Å². The first kappa shape index (κ1) is 9.41. The summed E-state index contributed by atoms with van der Waals surface area (Å²) in [6, 6.07) is 5.88. The second-order valence-corrected chi connectivity index (χ2v) is 3.85. The molecule has 0 radical (unpaired) electrons. The maximum Gasteiger partial charge on any atom is 0.179 e. The molecule has 0 aliphatic heterocycles. The van der Waals surface area contributed by atoms with Gasteiger partial charge in [-0.1, -0.05) is 19.1 Å². The molecule has 0 amide bonds. The summed E-state index contributed by atoms with van der Waals surface area (Å²) in [5.41, 5.74) is 8.96. The summed E-state index contributed by atoms with van der Waals surface area (Å²) in [4.78, 5) is 11.8. The molecular weight excluding hydrogens is 174 g/mol. The lowest BCUT2D eigenvalue weighted by Gasteiger charge is -2.20. The Bertz CT molecular complexity index is 371. The zero-order valence-electron chi connectivity index (χ0n) is 8.42.